The fourth-order valence-corrected chi connectivity index (χ4v) is 4.29. The Bertz CT molecular complexity index is 619. The standard InChI is InChI=1S/C25H44N2O5/c1-8-13-20-21(30)26(16-18(28)14-24(6,9-2)10-3)23(32)27(22(20)31)17-19(29)15-25(7,11-4)12-5/h8,18-20,28-29H,1,9-17H2,2-7H3. The van der Waals surface area contributed by atoms with Crippen LogP contribution in [-0.4, -0.2) is 63.2 Å². The van der Waals surface area contributed by atoms with Crippen molar-refractivity contribution in [2.75, 3.05) is 13.1 Å². The fourth-order valence-electron chi connectivity index (χ4n) is 4.29. The van der Waals surface area contributed by atoms with E-state index in [-0.39, 0.29) is 30.3 Å². The highest BCUT2D eigenvalue weighted by Gasteiger charge is 2.46. The highest BCUT2D eigenvalue weighted by molar-refractivity contribution is 6.16. The molecular formula is C25H44N2O5. The molecule has 1 aliphatic heterocycles. The lowest BCUT2D eigenvalue weighted by molar-refractivity contribution is -0.151. The summed E-state index contributed by atoms with van der Waals surface area (Å²) in [6.45, 7) is 15.6. The molecule has 0 spiro atoms. The summed E-state index contributed by atoms with van der Waals surface area (Å²) in [7, 11) is 0. The van der Waals surface area contributed by atoms with Crippen molar-refractivity contribution >= 4 is 17.8 Å². The van der Waals surface area contributed by atoms with Gasteiger partial charge < -0.3 is 10.2 Å². The summed E-state index contributed by atoms with van der Waals surface area (Å²) in [5, 5.41) is 21.4. The smallest absolute Gasteiger partial charge is 0.333 e. The Balaban J connectivity index is 3.08. The van der Waals surface area contributed by atoms with Crippen molar-refractivity contribution in [2.24, 2.45) is 16.7 Å². The van der Waals surface area contributed by atoms with Crippen LogP contribution in [0.1, 0.15) is 86.5 Å². The Kier molecular flexibility index (Phi) is 10.6. The van der Waals surface area contributed by atoms with Crippen molar-refractivity contribution in [3.05, 3.63) is 12.7 Å². The van der Waals surface area contributed by atoms with Crippen LogP contribution < -0.4 is 0 Å². The number of carbonyl (C=O) groups excluding carboxylic acids is 3. The van der Waals surface area contributed by atoms with E-state index in [0.29, 0.717) is 12.8 Å². The van der Waals surface area contributed by atoms with Crippen LogP contribution in [0, 0.1) is 16.7 Å². The largest absolute Gasteiger partial charge is 0.391 e. The van der Waals surface area contributed by atoms with Crippen LogP contribution in [0.3, 0.4) is 0 Å². The van der Waals surface area contributed by atoms with Gasteiger partial charge in [-0.25, -0.2) is 4.79 Å². The number of aliphatic hydroxyl groups is 2. The second-order valence-electron chi connectivity index (χ2n) is 10.0. The molecule has 4 amide bonds. The van der Waals surface area contributed by atoms with Crippen LogP contribution in [0.4, 0.5) is 4.79 Å². The van der Waals surface area contributed by atoms with Crippen LogP contribution in [0.15, 0.2) is 12.7 Å². The third-order valence-corrected chi connectivity index (χ3v) is 7.65. The van der Waals surface area contributed by atoms with Gasteiger partial charge in [0.25, 0.3) is 0 Å². The molecule has 1 heterocycles. The molecule has 2 unspecified atom stereocenters. The molecule has 1 saturated heterocycles. The molecular weight excluding hydrogens is 408 g/mol. The second kappa shape index (κ2) is 11.9. The van der Waals surface area contributed by atoms with Crippen LogP contribution in [0.2, 0.25) is 0 Å². The molecule has 0 saturated carbocycles. The van der Waals surface area contributed by atoms with Gasteiger partial charge >= 0.3 is 6.03 Å². The zero-order valence-electron chi connectivity index (χ0n) is 20.9. The van der Waals surface area contributed by atoms with Crippen molar-refractivity contribution in [3.63, 3.8) is 0 Å². The number of aliphatic hydroxyl groups excluding tert-OH is 2. The highest BCUT2D eigenvalue weighted by atomic mass is 16.3. The van der Waals surface area contributed by atoms with E-state index in [1.165, 1.54) is 6.08 Å². The van der Waals surface area contributed by atoms with Crippen LogP contribution in [-0.2, 0) is 9.59 Å². The number of urea groups is 1. The number of imide groups is 2. The molecule has 0 aromatic carbocycles. The summed E-state index contributed by atoms with van der Waals surface area (Å²) in [6.07, 6.45) is 4.18. The number of hydrogen-bond donors (Lipinski definition) is 2. The lowest BCUT2D eigenvalue weighted by atomic mass is 9.79. The van der Waals surface area contributed by atoms with E-state index in [2.05, 4.69) is 48.1 Å². The third-order valence-electron chi connectivity index (χ3n) is 7.65. The predicted octanol–water partition coefficient (Wildman–Crippen LogP) is 4.12. The Morgan fingerprint density at radius 3 is 1.47 bits per heavy atom. The summed E-state index contributed by atoms with van der Waals surface area (Å²) in [5.74, 6) is -2.27. The average molecular weight is 453 g/mol. The Labute approximate surface area is 193 Å². The first-order chi connectivity index (χ1) is 14.9. The average Bonchev–Trinajstić information content (AvgIpc) is 2.76. The molecule has 2 N–H and O–H groups in total. The van der Waals surface area contributed by atoms with Gasteiger partial charge in [-0.15, -0.1) is 6.58 Å². The minimum atomic E-state index is -1.06. The van der Waals surface area contributed by atoms with Crippen molar-refractivity contribution in [1.82, 2.24) is 9.80 Å². The SMILES string of the molecule is C=CCC1C(=O)N(CC(O)CC(C)(CC)CC)C(=O)N(CC(O)CC(C)(CC)CC)C1=O. The monoisotopic (exact) mass is 452 g/mol. The summed E-state index contributed by atoms with van der Waals surface area (Å²) >= 11 is 0. The number of β-amino-alcohol motifs (C(OH)–C–C–N with tert-alkyl or cyclic N) is 2. The number of nitrogens with zero attached hydrogens (tertiary/aromatic N) is 2. The lowest BCUT2D eigenvalue weighted by Crippen LogP contribution is -2.62. The van der Waals surface area contributed by atoms with Crippen LogP contribution in [0.5, 0.6) is 0 Å². The minimum absolute atomic E-state index is 0.0989. The molecule has 1 fully saturated rings. The van der Waals surface area contributed by atoms with Gasteiger partial charge in [-0.1, -0.05) is 73.3 Å². The van der Waals surface area contributed by atoms with Crippen LogP contribution >= 0.6 is 0 Å². The number of hydrogen-bond acceptors (Lipinski definition) is 5. The van der Waals surface area contributed by atoms with Gasteiger partial charge in [0.15, 0.2) is 0 Å². The maximum atomic E-state index is 13.1. The van der Waals surface area contributed by atoms with Gasteiger partial charge in [0.05, 0.1) is 25.3 Å². The zero-order valence-corrected chi connectivity index (χ0v) is 20.9. The Hall–Kier alpha value is -1.73. The quantitative estimate of drug-likeness (QED) is 0.305. The molecule has 0 radical (unpaired) electrons. The fraction of sp³-hybridized carbons (Fsp3) is 0.800. The maximum absolute atomic E-state index is 13.1. The van der Waals surface area contributed by atoms with Gasteiger partial charge in [0, 0.05) is 0 Å². The maximum Gasteiger partial charge on any atom is 0.333 e. The topological polar surface area (TPSA) is 98.2 Å². The normalized spacial score (nSPS) is 20.0. The van der Waals surface area contributed by atoms with E-state index in [0.717, 1.165) is 35.5 Å². The molecule has 2 atom stereocenters. The highest BCUT2D eigenvalue weighted by Crippen LogP contribution is 2.33. The summed E-state index contributed by atoms with van der Waals surface area (Å²) in [4.78, 5) is 41.0. The molecule has 1 rings (SSSR count). The van der Waals surface area contributed by atoms with Crippen LogP contribution in [0.25, 0.3) is 0 Å². The molecule has 1 aliphatic rings. The number of carbonyl (C=O) groups is 3. The second-order valence-corrected chi connectivity index (χ2v) is 10.0. The molecule has 0 aliphatic carbocycles. The van der Waals surface area contributed by atoms with Gasteiger partial charge in [-0.05, 0) is 30.1 Å². The molecule has 184 valence electrons. The van der Waals surface area contributed by atoms with E-state index < -0.39 is 36.0 Å². The van der Waals surface area contributed by atoms with Crippen molar-refractivity contribution in [1.29, 1.82) is 0 Å². The number of barbiturate groups is 1. The van der Waals surface area contributed by atoms with E-state index in [1.807, 2.05) is 0 Å². The summed E-state index contributed by atoms with van der Waals surface area (Å²) < 4.78 is 0. The van der Waals surface area contributed by atoms with E-state index >= 15 is 0 Å². The van der Waals surface area contributed by atoms with Gasteiger partial charge in [-0.3, -0.25) is 19.4 Å². The zero-order chi connectivity index (χ0) is 24.7. The first-order valence-corrected chi connectivity index (χ1v) is 12.0. The number of amides is 4. The number of rotatable bonds is 14. The lowest BCUT2D eigenvalue weighted by Gasteiger charge is -2.40. The first-order valence-electron chi connectivity index (χ1n) is 12.0. The van der Waals surface area contributed by atoms with E-state index in [9.17, 15) is 24.6 Å². The summed E-state index contributed by atoms with van der Waals surface area (Å²) in [6, 6.07) is -0.761. The Morgan fingerprint density at radius 1 is 0.844 bits per heavy atom. The molecule has 7 heteroatoms. The van der Waals surface area contributed by atoms with E-state index in [4.69, 9.17) is 0 Å². The third kappa shape index (κ3) is 6.88. The first kappa shape index (κ1) is 28.3. The summed E-state index contributed by atoms with van der Waals surface area (Å²) in [5.41, 5.74) is -0.198. The van der Waals surface area contributed by atoms with Gasteiger partial charge in [-0.2, -0.15) is 0 Å². The van der Waals surface area contributed by atoms with Crippen molar-refractivity contribution < 1.29 is 24.6 Å². The minimum Gasteiger partial charge on any atom is -0.391 e. The molecule has 0 aromatic rings. The molecule has 7 nitrogen and oxygen atoms in total. The number of allylic oxidation sites excluding steroid dienone is 1. The molecule has 0 aromatic heterocycles. The molecule has 0 bridgehead atoms. The van der Waals surface area contributed by atoms with Gasteiger partial charge in [0.1, 0.15) is 5.92 Å². The Morgan fingerprint density at radius 2 is 1.19 bits per heavy atom. The van der Waals surface area contributed by atoms with Crippen molar-refractivity contribution in [2.45, 2.75) is 98.7 Å². The van der Waals surface area contributed by atoms with Gasteiger partial charge in [0.2, 0.25) is 11.8 Å². The van der Waals surface area contributed by atoms with E-state index in [1.54, 1.807) is 0 Å². The van der Waals surface area contributed by atoms with Crippen molar-refractivity contribution in [3.8, 4) is 0 Å². The predicted molar refractivity (Wildman–Crippen MR) is 126 cm³/mol. The molecule has 32 heavy (non-hydrogen) atoms.